The monoisotopic (exact) mass is 354 g/mol. The van der Waals surface area contributed by atoms with Crippen molar-refractivity contribution in [3.63, 3.8) is 0 Å². The molecule has 0 fully saturated rings. The highest BCUT2D eigenvalue weighted by Gasteiger charge is 2.74. The van der Waals surface area contributed by atoms with E-state index in [1.165, 1.54) is 4.98 Å². The Morgan fingerprint density at radius 3 is 1.87 bits per heavy atom. The molecule has 0 aliphatic carbocycles. The standard InChI is InChI=1S/C11H4F10N2/c12-8(13,10(17,18)11(19,20)21)7-22-5-2-1-4(9(14,15)16)3-6(5)23-7/h1-3H,(H,22,23). The molecule has 0 spiro atoms. The Balaban J connectivity index is 2.56. The van der Waals surface area contributed by atoms with E-state index in [0.29, 0.717) is 12.1 Å². The van der Waals surface area contributed by atoms with Crippen LogP contribution < -0.4 is 0 Å². The third-order valence-electron chi connectivity index (χ3n) is 2.86. The number of imidazole rings is 1. The van der Waals surface area contributed by atoms with E-state index in [1.54, 1.807) is 0 Å². The van der Waals surface area contributed by atoms with Crippen molar-refractivity contribution in [3.8, 4) is 0 Å². The van der Waals surface area contributed by atoms with Crippen molar-refractivity contribution in [2.24, 2.45) is 0 Å². The zero-order chi connectivity index (χ0) is 17.8. The maximum absolute atomic E-state index is 13.4. The number of nitrogens with zero attached hydrogens (tertiary/aromatic N) is 1. The number of halogens is 10. The Labute approximate surface area is 120 Å². The summed E-state index contributed by atoms with van der Waals surface area (Å²) in [5, 5.41) is 0. The highest BCUT2D eigenvalue weighted by Crippen LogP contribution is 2.51. The van der Waals surface area contributed by atoms with Crippen LogP contribution in [0.4, 0.5) is 43.9 Å². The lowest BCUT2D eigenvalue weighted by molar-refractivity contribution is -0.361. The molecule has 23 heavy (non-hydrogen) atoms. The fourth-order valence-corrected chi connectivity index (χ4v) is 1.66. The number of nitrogens with one attached hydrogen (secondary N) is 1. The Kier molecular flexibility index (Phi) is 3.58. The van der Waals surface area contributed by atoms with Gasteiger partial charge in [0.15, 0.2) is 5.82 Å². The minimum absolute atomic E-state index is 0.271. The minimum Gasteiger partial charge on any atom is -0.337 e. The van der Waals surface area contributed by atoms with Gasteiger partial charge in [-0.1, -0.05) is 0 Å². The van der Waals surface area contributed by atoms with E-state index in [9.17, 15) is 43.9 Å². The minimum atomic E-state index is -6.58. The SMILES string of the molecule is FC(F)(F)c1ccc2nc(C(F)(F)C(F)(F)C(F)(F)F)[nH]c2c1. The van der Waals surface area contributed by atoms with Crippen molar-refractivity contribution in [2.75, 3.05) is 0 Å². The molecule has 12 heteroatoms. The topological polar surface area (TPSA) is 28.7 Å². The Bertz CT molecular complexity index is 724. The van der Waals surface area contributed by atoms with Crippen LogP contribution in [0, 0.1) is 0 Å². The van der Waals surface area contributed by atoms with Crippen molar-refractivity contribution in [1.82, 2.24) is 9.97 Å². The van der Waals surface area contributed by atoms with Crippen LogP contribution in [0.25, 0.3) is 11.0 Å². The molecule has 1 aromatic heterocycles. The summed E-state index contributed by atoms with van der Waals surface area (Å²) in [4.78, 5) is 4.22. The van der Waals surface area contributed by atoms with Crippen LogP contribution in [0.3, 0.4) is 0 Å². The number of aromatic nitrogens is 2. The highest BCUT2D eigenvalue weighted by molar-refractivity contribution is 5.76. The summed E-state index contributed by atoms with van der Waals surface area (Å²) in [6.45, 7) is 0. The molecule has 0 saturated carbocycles. The van der Waals surface area contributed by atoms with Gasteiger partial charge in [-0.05, 0) is 18.2 Å². The van der Waals surface area contributed by atoms with E-state index in [2.05, 4.69) is 4.98 Å². The lowest BCUT2D eigenvalue weighted by Gasteiger charge is -2.26. The van der Waals surface area contributed by atoms with Gasteiger partial charge in [-0.2, -0.15) is 43.9 Å². The molecule has 0 saturated heterocycles. The van der Waals surface area contributed by atoms with Gasteiger partial charge in [0.25, 0.3) is 0 Å². The number of benzene rings is 1. The average molecular weight is 354 g/mol. The summed E-state index contributed by atoms with van der Waals surface area (Å²) in [6.07, 6.45) is -11.4. The summed E-state index contributed by atoms with van der Waals surface area (Å²) in [5.41, 5.74) is -2.69. The first-order valence-electron chi connectivity index (χ1n) is 5.58. The van der Waals surface area contributed by atoms with Crippen LogP contribution in [0.5, 0.6) is 0 Å². The molecule has 1 heterocycles. The number of aromatic amines is 1. The smallest absolute Gasteiger partial charge is 0.337 e. The zero-order valence-electron chi connectivity index (χ0n) is 10.5. The fourth-order valence-electron chi connectivity index (χ4n) is 1.66. The van der Waals surface area contributed by atoms with E-state index in [4.69, 9.17) is 0 Å². The van der Waals surface area contributed by atoms with E-state index in [-0.39, 0.29) is 6.07 Å². The molecule has 2 nitrogen and oxygen atoms in total. The number of fused-ring (bicyclic) bond motifs is 1. The van der Waals surface area contributed by atoms with Crippen molar-refractivity contribution in [2.45, 2.75) is 24.2 Å². The molecule has 0 aliphatic rings. The van der Waals surface area contributed by atoms with Crippen LogP contribution in [-0.2, 0) is 12.1 Å². The van der Waals surface area contributed by atoms with Gasteiger partial charge in [-0.15, -0.1) is 0 Å². The molecule has 1 aromatic carbocycles. The second-order valence-electron chi connectivity index (χ2n) is 4.46. The average Bonchev–Trinajstić information content (AvgIpc) is 2.79. The highest BCUT2D eigenvalue weighted by atomic mass is 19.4. The van der Waals surface area contributed by atoms with Gasteiger partial charge in [0, 0.05) is 0 Å². The third-order valence-corrected chi connectivity index (χ3v) is 2.86. The molecule has 0 radical (unpaired) electrons. The third kappa shape index (κ3) is 2.70. The number of hydrogen-bond acceptors (Lipinski definition) is 1. The summed E-state index contributed by atoms with van der Waals surface area (Å²) in [6, 6.07) is 1.26. The number of alkyl halides is 10. The van der Waals surface area contributed by atoms with Crippen LogP contribution in [0.1, 0.15) is 11.4 Å². The van der Waals surface area contributed by atoms with Crippen molar-refractivity contribution < 1.29 is 43.9 Å². The van der Waals surface area contributed by atoms with Gasteiger partial charge >= 0.3 is 24.2 Å². The van der Waals surface area contributed by atoms with E-state index < -0.39 is 46.6 Å². The molecule has 2 rings (SSSR count). The van der Waals surface area contributed by atoms with Crippen LogP contribution in [-0.4, -0.2) is 22.1 Å². The molecular weight excluding hydrogens is 350 g/mol. The van der Waals surface area contributed by atoms with Gasteiger partial charge in [0.2, 0.25) is 0 Å². The largest absolute Gasteiger partial charge is 0.460 e. The summed E-state index contributed by atoms with van der Waals surface area (Å²) >= 11 is 0. The molecule has 0 aliphatic heterocycles. The fraction of sp³-hybridized carbons (Fsp3) is 0.364. The summed E-state index contributed by atoms with van der Waals surface area (Å²) in [7, 11) is 0. The number of H-pyrrole nitrogens is 1. The Morgan fingerprint density at radius 1 is 0.826 bits per heavy atom. The van der Waals surface area contributed by atoms with Crippen molar-refractivity contribution in [1.29, 1.82) is 0 Å². The van der Waals surface area contributed by atoms with Crippen molar-refractivity contribution >= 4 is 11.0 Å². The Morgan fingerprint density at radius 2 is 1.39 bits per heavy atom. The first-order valence-corrected chi connectivity index (χ1v) is 5.58. The van der Waals surface area contributed by atoms with E-state index in [0.717, 1.165) is 0 Å². The molecule has 0 atom stereocenters. The normalized spacial score (nSPS) is 14.5. The molecule has 2 aromatic rings. The molecule has 0 bridgehead atoms. The van der Waals surface area contributed by atoms with Gasteiger partial charge in [-0.25, -0.2) is 4.98 Å². The molecule has 0 unspecified atom stereocenters. The van der Waals surface area contributed by atoms with E-state index in [1.807, 2.05) is 0 Å². The summed E-state index contributed by atoms with van der Waals surface area (Å²) in [5.74, 6) is -14.3. The lowest BCUT2D eigenvalue weighted by Crippen LogP contribution is -2.50. The van der Waals surface area contributed by atoms with Gasteiger partial charge in [0.05, 0.1) is 16.6 Å². The van der Waals surface area contributed by atoms with Crippen LogP contribution >= 0.6 is 0 Å². The van der Waals surface area contributed by atoms with Gasteiger partial charge in [0.1, 0.15) is 0 Å². The first kappa shape index (κ1) is 17.3. The predicted octanol–water partition coefficient (Wildman–Crippen LogP) is 4.87. The number of rotatable bonds is 2. The lowest BCUT2D eigenvalue weighted by atomic mass is 10.1. The first-order chi connectivity index (χ1) is 10.2. The second-order valence-corrected chi connectivity index (χ2v) is 4.46. The van der Waals surface area contributed by atoms with Crippen LogP contribution in [0.2, 0.25) is 0 Å². The predicted molar refractivity (Wildman–Crippen MR) is 56.0 cm³/mol. The molecule has 1 N–H and O–H groups in total. The maximum Gasteiger partial charge on any atom is 0.460 e. The zero-order valence-corrected chi connectivity index (χ0v) is 10.5. The van der Waals surface area contributed by atoms with Gasteiger partial charge in [-0.3, -0.25) is 0 Å². The summed E-state index contributed by atoms with van der Waals surface area (Å²) < 4.78 is 126. The quantitative estimate of drug-likeness (QED) is 0.766. The van der Waals surface area contributed by atoms with Crippen LogP contribution in [0.15, 0.2) is 18.2 Å². The molecular formula is C11H4F10N2. The second kappa shape index (κ2) is 4.74. The maximum atomic E-state index is 13.4. The van der Waals surface area contributed by atoms with E-state index >= 15 is 0 Å². The molecule has 128 valence electrons. The molecule has 0 amide bonds. The van der Waals surface area contributed by atoms with Gasteiger partial charge < -0.3 is 4.98 Å². The van der Waals surface area contributed by atoms with Crippen molar-refractivity contribution in [3.05, 3.63) is 29.6 Å². The number of hydrogen-bond donors (Lipinski definition) is 1. The Hall–Kier alpha value is -2.01.